The Bertz CT molecular complexity index is 1080. The van der Waals surface area contributed by atoms with Crippen LogP contribution in [0.3, 0.4) is 0 Å². The summed E-state index contributed by atoms with van der Waals surface area (Å²) in [7, 11) is 0. The first kappa shape index (κ1) is 19.4. The largest absolute Gasteiger partial charge is 0.377 e. The van der Waals surface area contributed by atoms with Gasteiger partial charge in [-0.25, -0.2) is 4.98 Å². The van der Waals surface area contributed by atoms with Crippen molar-refractivity contribution in [2.24, 2.45) is 0 Å². The molecule has 0 spiro atoms. The summed E-state index contributed by atoms with van der Waals surface area (Å²) in [5, 5.41) is 11.9. The van der Waals surface area contributed by atoms with Crippen LogP contribution >= 0.6 is 12.4 Å². The SMILES string of the molecule is C[C@@H]1COCCN1c1ccc2c(n1)c(-c1ccn[nH]1)nn2Cc1ccccn1.Cl. The molecule has 0 radical (unpaired) electrons. The Morgan fingerprint density at radius 2 is 2.10 bits per heavy atom. The molecule has 0 aromatic carbocycles. The van der Waals surface area contributed by atoms with E-state index in [4.69, 9.17) is 14.8 Å². The second kappa shape index (κ2) is 8.18. The van der Waals surface area contributed by atoms with Gasteiger partial charge >= 0.3 is 0 Å². The number of hydrogen-bond acceptors (Lipinski definition) is 6. The molecule has 1 N–H and O–H groups in total. The van der Waals surface area contributed by atoms with Gasteiger partial charge < -0.3 is 9.64 Å². The Balaban J connectivity index is 0.00000205. The predicted molar refractivity (Wildman–Crippen MR) is 113 cm³/mol. The number of hydrogen-bond donors (Lipinski definition) is 1. The van der Waals surface area contributed by atoms with Crippen LogP contribution in [-0.4, -0.2) is 55.7 Å². The minimum atomic E-state index is 0. The van der Waals surface area contributed by atoms with Gasteiger partial charge in [-0.05, 0) is 37.3 Å². The number of anilines is 1. The number of rotatable bonds is 4. The zero-order valence-corrected chi connectivity index (χ0v) is 16.8. The van der Waals surface area contributed by atoms with Crippen LogP contribution in [0.5, 0.6) is 0 Å². The number of aromatic amines is 1. The number of ether oxygens (including phenoxy) is 1. The molecule has 5 rings (SSSR count). The highest BCUT2D eigenvalue weighted by Crippen LogP contribution is 2.28. The highest BCUT2D eigenvalue weighted by atomic mass is 35.5. The summed E-state index contributed by atoms with van der Waals surface area (Å²) in [6.07, 6.45) is 3.53. The molecule has 1 saturated heterocycles. The lowest BCUT2D eigenvalue weighted by atomic mass is 10.2. The second-order valence-corrected chi connectivity index (χ2v) is 6.95. The third kappa shape index (κ3) is 3.68. The van der Waals surface area contributed by atoms with Gasteiger partial charge in [-0.15, -0.1) is 12.4 Å². The lowest BCUT2D eigenvalue weighted by Crippen LogP contribution is -2.44. The first-order valence-corrected chi connectivity index (χ1v) is 9.41. The number of nitrogens with zero attached hydrogens (tertiary/aromatic N) is 6. The van der Waals surface area contributed by atoms with E-state index in [2.05, 4.69) is 39.1 Å². The van der Waals surface area contributed by atoms with E-state index in [9.17, 15) is 0 Å². The van der Waals surface area contributed by atoms with Gasteiger partial charge in [0.05, 0.1) is 42.7 Å². The van der Waals surface area contributed by atoms with Crippen LogP contribution in [0.15, 0.2) is 48.8 Å². The first-order valence-electron chi connectivity index (χ1n) is 9.41. The average molecular weight is 412 g/mol. The van der Waals surface area contributed by atoms with Crippen molar-refractivity contribution in [1.82, 2.24) is 29.9 Å². The molecule has 1 fully saturated rings. The third-order valence-electron chi connectivity index (χ3n) is 5.04. The van der Waals surface area contributed by atoms with E-state index in [1.54, 1.807) is 12.4 Å². The van der Waals surface area contributed by atoms with E-state index in [-0.39, 0.29) is 18.4 Å². The number of pyridine rings is 2. The number of halogens is 1. The van der Waals surface area contributed by atoms with Crippen molar-refractivity contribution in [1.29, 1.82) is 0 Å². The molecule has 0 unspecified atom stereocenters. The molecule has 0 saturated carbocycles. The van der Waals surface area contributed by atoms with E-state index in [1.165, 1.54) is 0 Å². The summed E-state index contributed by atoms with van der Waals surface area (Å²) >= 11 is 0. The molecular weight excluding hydrogens is 390 g/mol. The second-order valence-electron chi connectivity index (χ2n) is 6.95. The summed E-state index contributed by atoms with van der Waals surface area (Å²) in [6, 6.07) is 12.3. The highest BCUT2D eigenvalue weighted by molar-refractivity contribution is 5.90. The van der Waals surface area contributed by atoms with Crippen molar-refractivity contribution >= 4 is 29.3 Å². The lowest BCUT2D eigenvalue weighted by Gasteiger charge is -2.34. The van der Waals surface area contributed by atoms with Crippen LogP contribution in [0.1, 0.15) is 12.6 Å². The molecule has 4 aromatic heterocycles. The van der Waals surface area contributed by atoms with Gasteiger partial charge in [0.15, 0.2) is 0 Å². The summed E-state index contributed by atoms with van der Waals surface area (Å²) in [4.78, 5) is 11.7. The van der Waals surface area contributed by atoms with Crippen molar-refractivity contribution in [3.05, 3.63) is 54.5 Å². The maximum atomic E-state index is 5.57. The number of aromatic nitrogens is 6. The molecule has 29 heavy (non-hydrogen) atoms. The summed E-state index contributed by atoms with van der Waals surface area (Å²) in [5.41, 5.74) is 4.43. The molecule has 1 aliphatic rings. The fourth-order valence-corrected chi connectivity index (χ4v) is 3.61. The molecule has 4 aromatic rings. The van der Waals surface area contributed by atoms with E-state index in [0.717, 1.165) is 47.1 Å². The number of H-pyrrole nitrogens is 1. The molecule has 0 bridgehead atoms. The molecule has 0 aliphatic carbocycles. The maximum absolute atomic E-state index is 5.57. The van der Waals surface area contributed by atoms with Gasteiger partial charge in [0.25, 0.3) is 0 Å². The van der Waals surface area contributed by atoms with Crippen LogP contribution in [-0.2, 0) is 11.3 Å². The van der Waals surface area contributed by atoms with Gasteiger partial charge in [-0.2, -0.15) is 10.2 Å². The molecule has 1 aliphatic heterocycles. The van der Waals surface area contributed by atoms with Crippen LogP contribution in [0.4, 0.5) is 5.82 Å². The summed E-state index contributed by atoms with van der Waals surface area (Å²) < 4.78 is 7.52. The number of fused-ring (bicyclic) bond motifs is 1. The van der Waals surface area contributed by atoms with Crippen LogP contribution < -0.4 is 4.90 Å². The Labute approximate surface area is 174 Å². The smallest absolute Gasteiger partial charge is 0.136 e. The van der Waals surface area contributed by atoms with Crippen molar-refractivity contribution in [2.75, 3.05) is 24.7 Å². The van der Waals surface area contributed by atoms with Gasteiger partial charge in [0.2, 0.25) is 0 Å². The standard InChI is InChI=1S/C20H21N7O.ClH/c1-14-13-28-11-10-26(14)18-6-5-17-20(23-18)19(16-7-9-22-24-16)25-27(17)12-15-4-2-3-8-21-15;/h2-9,14H,10-13H2,1H3,(H,22,24);1H/t14-;/m1./s1. The van der Waals surface area contributed by atoms with Crippen molar-refractivity contribution in [3.8, 4) is 11.4 Å². The number of nitrogens with one attached hydrogen (secondary N) is 1. The molecular formula is C20H22ClN7O. The number of morpholine rings is 1. The Hall–Kier alpha value is -2.97. The predicted octanol–water partition coefficient (Wildman–Crippen LogP) is 2.91. The monoisotopic (exact) mass is 411 g/mol. The molecule has 5 heterocycles. The van der Waals surface area contributed by atoms with Crippen LogP contribution in [0.25, 0.3) is 22.4 Å². The van der Waals surface area contributed by atoms with Gasteiger partial charge in [-0.1, -0.05) is 6.07 Å². The minimum Gasteiger partial charge on any atom is -0.377 e. The quantitative estimate of drug-likeness (QED) is 0.555. The fourth-order valence-electron chi connectivity index (χ4n) is 3.61. The minimum absolute atomic E-state index is 0. The normalized spacial score (nSPS) is 16.7. The molecule has 8 nitrogen and oxygen atoms in total. The third-order valence-corrected chi connectivity index (χ3v) is 5.04. The van der Waals surface area contributed by atoms with Crippen LogP contribution in [0, 0.1) is 0 Å². The van der Waals surface area contributed by atoms with Gasteiger partial charge in [-0.3, -0.25) is 14.8 Å². The zero-order chi connectivity index (χ0) is 18.9. The Morgan fingerprint density at radius 1 is 1.17 bits per heavy atom. The highest BCUT2D eigenvalue weighted by Gasteiger charge is 2.22. The maximum Gasteiger partial charge on any atom is 0.136 e. The van der Waals surface area contributed by atoms with E-state index in [0.29, 0.717) is 13.2 Å². The summed E-state index contributed by atoms with van der Waals surface area (Å²) in [6.45, 7) is 5.01. The topological polar surface area (TPSA) is 84.8 Å². The first-order chi connectivity index (χ1) is 13.8. The Kier molecular flexibility index (Phi) is 5.46. The van der Waals surface area contributed by atoms with Crippen molar-refractivity contribution in [2.45, 2.75) is 19.5 Å². The van der Waals surface area contributed by atoms with Crippen LogP contribution in [0.2, 0.25) is 0 Å². The fraction of sp³-hybridized carbons (Fsp3) is 0.300. The van der Waals surface area contributed by atoms with Gasteiger partial charge in [0, 0.05) is 18.9 Å². The summed E-state index contributed by atoms with van der Waals surface area (Å²) in [5.74, 6) is 0.946. The van der Waals surface area contributed by atoms with Crippen molar-refractivity contribution in [3.63, 3.8) is 0 Å². The Morgan fingerprint density at radius 3 is 2.86 bits per heavy atom. The van der Waals surface area contributed by atoms with E-state index >= 15 is 0 Å². The van der Waals surface area contributed by atoms with E-state index in [1.807, 2.05) is 28.9 Å². The lowest BCUT2D eigenvalue weighted by molar-refractivity contribution is 0.0986. The van der Waals surface area contributed by atoms with Gasteiger partial charge in [0.1, 0.15) is 17.0 Å². The molecule has 9 heteroatoms. The van der Waals surface area contributed by atoms with Crippen molar-refractivity contribution < 1.29 is 4.74 Å². The molecule has 150 valence electrons. The average Bonchev–Trinajstić information content (AvgIpc) is 3.37. The van der Waals surface area contributed by atoms with E-state index < -0.39 is 0 Å². The molecule has 1 atom stereocenters. The zero-order valence-electron chi connectivity index (χ0n) is 16.0. The molecule has 0 amide bonds.